The molecule has 0 aliphatic carbocycles. The highest BCUT2D eigenvalue weighted by molar-refractivity contribution is 6.30. The number of nitrogens with zero attached hydrogens (tertiary/aromatic N) is 3. The highest BCUT2D eigenvalue weighted by Gasteiger charge is 2.10. The molecule has 0 spiro atoms. The molecule has 8 heteroatoms. The number of aliphatic hydroxyl groups is 1. The molecule has 1 heterocycles. The Hall–Kier alpha value is -2.35. The third-order valence-electron chi connectivity index (χ3n) is 3.00. The molecule has 7 nitrogen and oxygen atoms in total. The fourth-order valence-electron chi connectivity index (χ4n) is 2.03. The summed E-state index contributed by atoms with van der Waals surface area (Å²) in [6, 6.07) is 9.28. The molecule has 0 aliphatic heterocycles. The van der Waals surface area contributed by atoms with Crippen LogP contribution in [0.4, 0.5) is 0 Å². The molecule has 2 aromatic rings. The second-order valence-corrected chi connectivity index (χ2v) is 5.19. The molecule has 0 bridgehead atoms. The number of benzene rings is 1. The van der Waals surface area contributed by atoms with Crippen LogP contribution < -0.4 is 16.3 Å². The first-order chi connectivity index (χ1) is 11.0. The Labute approximate surface area is 139 Å². The molecular weight excluding hydrogens is 318 g/mol. The number of hydrogen-bond acceptors (Lipinski definition) is 6. The first kappa shape index (κ1) is 17.0. The third-order valence-corrected chi connectivity index (χ3v) is 3.24. The smallest absolute Gasteiger partial charge is 0.221 e. The fourth-order valence-corrected chi connectivity index (χ4v) is 2.22. The molecule has 2 rings (SSSR count). The van der Waals surface area contributed by atoms with E-state index >= 15 is 0 Å². The minimum atomic E-state index is -0.359. The van der Waals surface area contributed by atoms with Crippen LogP contribution >= 0.6 is 11.6 Å². The summed E-state index contributed by atoms with van der Waals surface area (Å²) in [5.41, 5.74) is 7.91. The Morgan fingerprint density at radius 2 is 2.22 bits per heavy atom. The lowest BCUT2D eigenvalue weighted by Gasteiger charge is -2.15. The van der Waals surface area contributed by atoms with Crippen LogP contribution in [0.3, 0.4) is 0 Å². The van der Waals surface area contributed by atoms with Crippen LogP contribution in [0.15, 0.2) is 41.6 Å². The number of ether oxygens (including phenoxy) is 1. The van der Waals surface area contributed by atoms with Crippen molar-refractivity contribution in [3.05, 3.63) is 47.1 Å². The molecule has 0 radical (unpaired) electrons. The summed E-state index contributed by atoms with van der Waals surface area (Å²) in [5, 5.41) is 14.4. The standard InChI is InChI=1S/C15H18ClN5O2/c1-23-15-13(11-3-2-4-12(16)6-11)5-10(7-19-15)8-21(18)20-14(17)9-22/h2-7,22H,8-9,18H2,1H3,(H2,17,20). The number of methoxy groups -OCH3 is 1. The Morgan fingerprint density at radius 3 is 2.87 bits per heavy atom. The zero-order valence-corrected chi connectivity index (χ0v) is 13.4. The van der Waals surface area contributed by atoms with Crippen molar-refractivity contribution in [1.29, 1.82) is 0 Å². The summed E-state index contributed by atoms with van der Waals surface area (Å²) >= 11 is 6.04. The van der Waals surface area contributed by atoms with E-state index in [1.54, 1.807) is 19.4 Å². The van der Waals surface area contributed by atoms with E-state index in [-0.39, 0.29) is 19.0 Å². The minimum Gasteiger partial charge on any atom is -0.481 e. The lowest BCUT2D eigenvalue weighted by molar-refractivity contribution is 0.281. The molecule has 0 atom stereocenters. The first-order valence-electron chi connectivity index (χ1n) is 6.78. The summed E-state index contributed by atoms with van der Waals surface area (Å²) < 4.78 is 5.30. The number of aromatic nitrogens is 1. The van der Waals surface area contributed by atoms with Crippen LogP contribution in [-0.2, 0) is 6.54 Å². The molecule has 122 valence electrons. The van der Waals surface area contributed by atoms with E-state index in [2.05, 4.69) is 10.1 Å². The monoisotopic (exact) mass is 335 g/mol. The lowest BCUT2D eigenvalue weighted by atomic mass is 10.1. The van der Waals surface area contributed by atoms with E-state index in [1.807, 2.05) is 24.3 Å². The maximum atomic E-state index is 8.86. The molecule has 23 heavy (non-hydrogen) atoms. The summed E-state index contributed by atoms with van der Waals surface area (Å²) in [6.07, 6.45) is 1.64. The predicted molar refractivity (Wildman–Crippen MR) is 89.7 cm³/mol. The second kappa shape index (κ2) is 7.77. The largest absolute Gasteiger partial charge is 0.481 e. The second-order valence-electron chi connectivity index (χ2n) is 4.76. The highest BCUT2D eigenvalue weighted by Crippen LogP contribution is 2.30. The van der Waals surface area contributed by atoms with E-state index < -0.39 is 0 Å². The van der Waals surface area contributed by atoms with Crippen LogP contribution in [0.25, 0.3) is 11.1 Å². The van der Waals surface area contributed by atoms with Gasteiger partial charge < -0.3 is 15.6 Å². The van der Waals surface area contributed by atoms with Crippen LogP contribution in [0.1, 0.15) is 5.56 Å². The van der Waals surface area contributed by atoms with Gasteiger partial charge in [0.05, 0.1) is 13.7 Å². The Bertz CT molecular complexity index is 708. The van der Waals surface area contributed by atoms with Crippen molar-refractivity contribution in [2.75, 3.05) is 13.7 Å². The van der Waals surface area contributed by atoms with Crippen molar-refractivity contribution in [1.82, 2.24) is 10.1 Å². The van der Waals surface area contributed by atoms with Gasteiger partial charge in [0.25, 0.3) is 0 Å². The predicted octanol–water partition coefficient (Wildman–Crippen LogP) is 1.35. The molecule has 0 saturated heterocycles. The maximum absolute atomic E-state index is 8.86. The average molecular weight is 336 g/mol. The van der Waals surface area contributed by atoms with Gasteiger partial charge in [-0.25, -0.2) is 15.9 Å². The molecule has 5 N–H and O–H groups in total. The number of hydrazone groups is 1. The Kier molecular flexibility index (Phi) is 5.75. The Balaban J connectivity index is 2.32. The van der Waals surface area contributed by atoms with Gasteiger partial charge in [-0.2, -0.15) is 0 Å². The number of aliphatic hydroxyl groups excluding tert-OH is 1. The number of rotatable bonds is 6. The van der Waals surface area contributed by atoms with Crippen LogP contribution in [-0.4, -0.2) is 34.8 Å². The molecule has 0 saturated carbocycles. The third kappa shape index (κ3) is 4.56. The van der Waals surface area contributed by atoms with Crippen LogP contribution in [0, 0.1) is 0 Å². The van der Waals surface area contributed by atoms with Gasteiger partial charge in [-0.1, -0.05) is 23.7 Å². The van der Waals surface area contributed by atoms with Gasteiger partial charge in [-0.15, -0.1) is 5.10 Å². The number of amidine groups is 1. The van der Waals surface area contributed by atoms with Gasteiger partial charge >= 0.3 is 0 Å². The van der Waals surface area contributed by atoms with E-state index in [1.165, 1.54) is 0 Å². The molecular formula is C15H18ClN5O2. The molecule has 1 aromatic heterocycles. The zero-order chi connectivity index (χ0) is 16.8. The number of nitrogens with two attached hydrogens (primary N) is 2. The van der Waals surface area contributed by atoms with E-state index in [9.17, 15) is 0 Å². The molecule has 1 aromatic carbocycles. The van der Waals surface area contributed by atoms with Crippen molar-refractivity contribution in [3.8, 4) is 17.0 Å². The molecule has 0 unspecified atom stereocenters. The molecule has 0 amide bonds. The SMILES string of the molecule is COc1ncc(CN(N)/N=C(\N)CO)cc1-c1cccc(Cl)c1. The van der Waals surface area contributed by atoms with Crippen LogP contribution in [0.5, 0.6) is 5.88 Å². The molecule has 0 fully saturated rings. The summed E-state index contributed by atoms with van der Waals surface area (Å²) in [5.74, 6) is 6.26. The average Bonchev–Trinajstić information content (AvgIpc) is 2.54. The first-order valence-corrected chi connectivity index (χ1v) is 7.16. The van der Waals surface area contributed by atoms with E-state index in [4.69, 9.17) is 33.0 Å². The molecule has 0 aliphatic rings. The van der Waals surface area contributed by atoms with Crippen molar-refractivity contribution in [2.45, 2.75) is 6.54 Å². The van der Waals surface area contributed by atoms with Crippen molar-refractivity contribution in [3.63, 3.8) is 0 Å². The summed E-state index contributed by atoms with van der Waals surface area (Å²) in [7, 11) is 1.55. The Morgan fingerprint density at radius 1 is 1.43 bits per heavy atom. The topological polar surface area (TPSA) is 110 Å². The van der Waals surface area contributed by atoms with Gasteiger partial charge in [0.2, 0.25) is 5.88 Å². The van der Waals surface area contributed by atoms with Gasteiger partial charge in [0, 0.05) is 16.8 Å². The lowest BCUT2D eigenvalue weighted by Crippen LogP contribution is -2.30. The highest BCUT2D eigenvalue weighted by atomic mass is 35.5. The van der Waals surface area contributed by atoms with Crippen molar-refractivity contribution >= 4 is 17.4 Å². The zero-order valence-electron chi connectivity index (χ0n) is 12.6. The number of hydrogen-bond donors (Lipinski definition) is 3. The summed E-state index contributed by atoms with van der Waals surface area (Å²) in [4.78, 5) is 4.28. The van der Waals surface area contributed by atoms with Gasteiger partial charge in [0.15, 0.2) is 0 Å². The van der Waals surface area contributed by atoms with E-state index in [0.717, 1.165) is 21.8 Å². The van der Waals surface area contributed by atoms with Gasteiger partial charge in [-0.05, 0) is 29.3 Å². The minimum absolute atomic E-state index is 0.0315. The number of halogens is 1. The van der Waals surface area contributed by atoms with Gasteiger partial charge in [-0.3, -0.25) is 0 Å². The fraction of sp³-hybridized carbons (Fsp3) is 0.200. The van der Waals surface area contributed by atoms with Crippen molar-refractivity contribution < 1.29 is 9.84 Å². The maximum Gasteiger partial charge on any atom is 0.221 e. The van der Waals surface area contributed by atoms with E-state index in [0.29, 0.717) is 10.9 Å². The quantitative estimate of drug-likeness (QED) is 0.318. The normalized spacial score (nSPS) is 11.4. The summed E-state index contributed by atoms with van der Waals surface area (Å²) in [6.45, 7) is -0.0897. The number of hydrazine groups is 1. The van der Waals surface area contributed by atoms with Gasteiger partial charge in [0.1, 0.15) is 12.4 Å². The number of pyridine rings is 1. The van der Waals surface area contributed by atoms with Crippen molar-refractivity contribution in [2.24, 2.45) is 16.7 Å². The van der Waals surface area contributed by atoms with Crippen LogP contribution in [0.2, 0.25) is 5.02 Å².